The molecule has 166 valence electrons. The summed E-state index contributed by atoms with van der Waals surface area (Å²) in [6, 6.07) is 0. The van der Waals surface area contributed by atoms with E-state index < -0.39 is 8.32 Å². The summed E-state index contributed by atoms with van der Waals surface area (Å²) >= 11 is 0. The molecule has 0 bridgehead atoms. The third-order valence-corrected chi connectivity index (χ3v) is 12.4. The number of hydrogen-bond donors (Lipinski definition) is 2. The van der Waals surface area contributed by atoms with Crippen LogP contribution < -0.4 is 0 Å². The van der Waals surface area contributed by atoms with Crippen LogP contribution >= 0.6 is 0 Å². The Morgan fingerprint density at radius 2 is 1.41 bits per heavy atom. The first-order valence-electron chi connectivity index (χ1n) is 11.4. The minimum absolute atomic E-state index is 0.0597. The van der Waals surface area contributed by atoms with Gasteiger partial charge in [0.15, 0.2) is 8.32 Å². The van der Waals surface area contributed by atoms with Gasteiger partial charge >= 0.3 is 0 Å². The van der Waals surface area contributed by atoms with Crippen LogP contribution in [0.1, 0.15) is 53.4 Å². The third-order valence-electron chi connectivity index (χ3n) is 7.93. The number of rotatable bonds is 8. The maximum Gasteiger partial charge on any atom is 0.192 e. The Morgan fingerprint density at radius 3 is 1.90 bits per heavy atom. The van der Waals surface area contributed by atoms with Gasteiger partial charge in [0.2, 0.25) is 0 Å². The van der Waals surface area contributed by atoms with Gasteiger partial charge in [0.05, 0.1) is 18.3 Å². The van der Waals surface area contributed by atoms with E-state index in [4.69, 9.17) is 4.43 Å². The van der Waals surface area contributed by atoms with Gasteiger partial charge in [-0.3, -0.25) is 0 Å². The van der Waals surface area contributed by atoms with Gasteiger partial charge < -0.3 is 14.6 Å². The first-order chi connectivity index (χ1) is 13.4. The molecular weight excluding hydrogens is 376 g/mol. The van der Waals surface area contributed by atoms with Crippen molar-refractivity contribution in [1.29, 1.82) is 0 Å². The lowest BCUT2D eigenvalue weighted by atomic mass is 9.87. The predicted molar refractivity (Wildman–Crippen MR) is 125 cm³/mol. The molecule has 0 aliphatic heterocycles. The standard InChI is InChI=1S/C25H44O3Si/c1-9-18-17(3)15-22(26)20(18)13-11-12-14-21-19(10-2)24(16-23(21)27)28-29(7,8)25(4,5)6/h9-12,17-24,26-27H,1-2,13-16H2,3-8H3/b12-11+/t17-,18+,19-,20-,21-,22+,23+,24-/m1/s1. The minimum Gasteiger partial charge on any atom is -0.413 e. The van der Waals surface area contributed by atoms with Crippen molar-refractivity contribution in [3.63, 3.8) is 0 Å². The summed E-state index contributed by atoms with van der Waals surface area (Å²) in [5.41, 5.74) is 0. The Kier molecular flexibility index (Phi) is 8.17. The second kappa shape index (κ2) is 9.63. The molecular formula is C25H44O3Si. The molecule has 8 atom stereocenters. The van der Waals surface area contributed by atoms with Gasteiger partial charge in [0.1, 0.15) is 0 Å². The summed E-state index contributed by atoms with van der Waals surface area (Å²) in [6.45, 7) is 21.5. The molecule has 0 amide bonds. The zero-order valence-electron chi connectivity index (χ0n) is 19.5. The van der Waals surface area contributed by atoms with Crippen molar-refractivity contribution in [2.45, 2.75) is 89.8 Å². The van der Waals surface area contributed by atoms with E-state index >= 15 is 0 Å². The maximum atomic E-state index is 10.7. The van der Waals surface area contributed by atoms with Crippen molar-refractivity contribution in [2.75, 3.05) is 0 Å². The summed E-state index contributed by atoms with van der Waals surface area (Å²) in [6.07, 6.45) is 11.1. The maximum absolute atomic E-state index is 10.7. The highest BCUT2D eigenvalue weighted by Gasteiger charge is 2.46. The molecule has 0 radical (unpaired) electrons. The molecule has 2 aliphatic rings. The average Bonchev–Trinajstić information content (AvgIpc) is 3.04. The Morgan fingerprint density at radius 1 is 0.931 bits per heavy atom. The van der Waals surface area contributed by atoms with Crippen molar-refractivity contribution < 1.29 is 14.6 Å². The van der Waals surface area contributed by atoms with Crippen LogP contribution in [-0.4, -0.2) is 36.8 Å². The molecule has 0 unspecified atom stereocenters. The van der Waals surface area contributed by atoms with Crippen LogP contribution in [0.15, 0.2) is 37.5 Å². The second-order valence-corrected chi connectivity index (χ2v) is 15.7. The number of allylic oxidation sites excluding steroid dienone is 3. The van der Waals surface area contributed by atoms with Crippen molar-refractivity contribution >= 4 is 8.32 Å². The molecule has 3 nitrogen and oxygen atoms in total. The lowest BCUT2D eigenvalue weighted by molar-refractivity contribution is 0.121. The Labute approximate surface area is 180 Å². The quantitative estimate of drug-likeness (QED) is 0.390. The van der Waals surface area contributed by atoms with E-state index in [1.165, 1.54) is 0 Å². The minimum atomic E-state index is -1.88. The Balaban J connectivity index is 1.97. The molecule has 0 spiro atoms. The van der Waals surface area contributed by atoms with Gasteiger partial charge in [-0.1, -0.05) is 52.0 Å². The Hall–Kier alpha value is -0.683. The van der Waals surface area contributed by atoms with E-state index in [-0.39, 0.29) is 41.1 Å². The van der Waals surface area contributed by atoms with E-state index in [0.29, 0.717) is 18.3 Å². The fourth-order valence-corrected chi connectivity index (χ4v) is 6.41. The van der Waals surface area contributed by atoms with E-state index in [9.17, 15) is 10.2 Å². The van der Waals surface area contributed by atoms with E-state index in [1.54, 1.807) is 0 Å². The molecule has 0 aromatic rings. The van der Waals surface area contributed by atoms with Gasteiger partial charge in [-0.05, 0) is 67.5 Å². The molecule has 2 saturated carbocycles. The third kappa shape index (κ3) is 5.52. The summed E-state index contributed by atoms with van der Waals surface area (Å²) in [7, 11) is -1.88. The van der Waals surface area contributed by atoms with Crippen LogP contribution in [0.25, 0.3) is 0 Å². The second-order valence-electron chi connectivity index (χ2n) is 10.9. The van der Waals surface area contributed by atoms with Crippen molar-refractivity contribution in [1.82, 2.24) is 0 Å². The fraction of sp³-hybridized carbons (Fsp3) is 0.760. The van der Waals surface area contributed by atoms with Gasteiger partial charge in [-0.25, -0.2) is 0 Å². The zero-order valence-corrected chi connectivity index (χ0v) is 20.5. The molecule has 2 aliphatic carbocycles. The SMILES string of the molecule is C=C[C@@H]1[C@@H](C/C=C/C[C@@H]2[C@@H](C=C)[C@H](O[Si](C)(C)C(C)(C)C)C[C@@H]2O)[C@@H](O)C[C@H]1C. The first-order valence-corrected chi connectivity index (χ1v) is 14.3. The van der Waals surface area contributed by atoms with Crippen LogP contribution in [-0.2, 0) is 4.43 Å². The summed E-state index contributed by atoms with van der Waals surface area (Å²) in [5, 5.41) is 21.2. The Bertz CT molecular complexity index is 591. The molecule has 0 aromatic carbocycles. The van der Waals surface area contributed by atoms with Crippen LogP contribution in [0.2, 0.25) is 18.1 Å². The summed E-state index contributed by atoms with van der Waals surface area (Å²) in [4.78, 5) is 0. The monoisotopic (exact) mass is 420 g/mol. The highest BCUT2D eigenvalue weighted by molar-refractivity contribution is 6.74. The topological polar surface area (TPSA) is 49.7 Å². The lowest BCUT2D eigenvalue weighted by Crippen LogP contribution is -2.44. The van der Waals surface area contributed by atoms with Crippen molar-refractivity contribution in [3.05, 3.63) is 37.5 Å². The molecule has 29 heavy (non-hydrogen) atoms. The number of aliphatic hydroxyl groups is 2. The fourth-order valence-electron chi connectivity index (χ4n) is 5.04. The zero-order chi connectivity index (χ0) is 22.0. The van der Waals surface area contributed by atoms with E-state index in [2.05, 4.69) is 66.1 Å². The highest BCUT2D eigenvalue weighted by Crippen LogP contribution is 2.44. The van der Waals surface area contributed by atoms with Gasteiger partial charge in [0, 0.05) is 5.92 Å². The number of aliphatic hydroxyl groups excluding tert-OH is 2. The van der Waals surface area contributed by atoms with Gasteiger partial charge in [-0.15, -0.1) is 13.2 Å². The van der Waals surface area contributed by atoms with Crippen molar-refractivity contribution in [2.24, 2.45) is 29.6 Å². The first kappa shape index (κ1) is 24.6. The summed E-state index contributed by atoms with van der Waals surface area (Å²) in [5.74, 6) is 1.48. The van der Waals surface area contributed by atoms with Crippen LogP contribution in [0.4, 0.5) is 0 Å². The molecule has 0 heterocycles. The summed E-state index contributed by atoms with van der Waals surface area (Å²) < 4.78 is 6.65. The molecule has 0 saturated heterocycles. The molecule has 2 rings (SSSR count). The predicted octanol–water partition coefficient (Wildman–Crippen LogP) is 5.72. The molecule has 4 heteroatoms. The van der Waals surface area contributed by atoms with Crippen LogP contribution in [0.5, 0.6) is 0 Å². The molecule has 2 N–H and O–H groups in total. The van der Waals surface area contributed by atoms with Crippen LogP contribution in [0, 0.1) is 29.6 Å². The van der Waals surface area contributed by atoms with Crippen LogP contribution in [0.3, 0.4) is 0 Å². The highest BCUT2D eigenvalue weighted by atomic mass is 28.4. The smallest absolute Gasteiger partial charge is 0.192 e. The van der Waals surface area contributed by atoms with E-state index in [1.807, 2.05) is 12.2 Å². The van der Waals surface area contributed by atoms with Gasteiger partial charge in [0.25, 0.3) is 0 Å². The normalized spacial score (nSPS) is 38.6. The lowest BCUT2D eigenvalue weighted by Gasteiger charge is -2.39. The largest absolute Gasteiger partial charge is 0.413 e. The van der Waals surface area contributed by atoms with Crippen molar-refractivity contribution in [3.8, 4) is 0 Å². The van der Waals surface area contributed by atoms with E-state index in [0.717, 1.165) is 19.3 Å². The molecule has 0 aromatic heterocycles. The molecule has 2 fully saturated rings. The number of hydrogen-bond acceptors (Lipinski definition) is 3. The average molecular weight is 421 g/mol. The van der Waals surface area contributed by atoms with Gasteiger partial charge in [-0.2, -0.15) is 0 Å².